The summed E-state index contributed by atoms with van der Waals surface area (Å²) in [5.41, 5.74) is 2.63. The highest BCUT2D eigenvalue weighted by Gasteiger charge is 2.08. The SMILES string of the molecule is CC(C)C(=O)Nc1cccc(NC(=O)CCCc2ccccc2)c1. The summed E-state index contributed by atoms with van der Waals surface area (Å²) < 4.78 is 0. The number of carbonyl (C=O) groups excluding carboxylic acids is 2. The number of aryl methyl sites for hydroxylation is 1. The minimum absolute atomic E-state index is 0.0155. The molecule has 2 N–H and O–H groups in total. The Balaban J connectivity index is 1.82. The van der Waals surface area contributed by atoms with Crippen LogP contribution in [0.2, 0.25) is 0 Å². The Bertz CT molecular complexity index is 681. The first-order valence-electron chi connectivity index (χ1n) is 8.29. The third-order valence-electron chi connectivity index (χ3n) is 3.65. The van der Waals surface area contributed by atoms with Crippen molar-refractivity contribution in [3.63, 3.8) is 0 Å². The van der Waals surface area contributed by atoms with E-state index in [1.54, 1.807) is 6.07 Å². The molecule has 0 aliphatic heterocycles. The zero-order valence-electron chi connectivity index (χ0n) is 14.2. The smallest absolute Gasteiger partial charge is 0.226 e. The van der Waals surface area contributed by atoms with Crippen molar-refractivity contribution in [2.45, 2.75) is 33.1 Å². The number of carbonyl (C=O) groups is 2. The average molecular weight is 324 g/mol. The second kappa shape index (κ2) is 8.87. The van der Waals surface area contributed by atoms with Gasteiger partial charge in [0.2, 0.25) is 11.8 Å². The summed E-state index contributed by atoms with van der Waals surface area (Å²) in [4.78, 5) is 23.8. The summed E-state index contributed by atoms with van der Waals surface area (Å²) in [6.45, 7) is 3.68. The maximum Gasteiger partial charge on any atom is 0.226 e. The van der Waals surface area contributed by atoms with Crippen LogP contribution in [0.25, 0.3) is 0 Å². The molecule has 2 aromatic carbocycles. The molecule has 0 aromatic heterocycles. The van der Waals surface area contributed by atoms with Crippen molar-refractivity contribution in [3.05, 3.63) is 60.2 Å². The summed E-state index contributed by atoms with van der Waals surface area (Å²) >= 11 is 0. The average Bonchev–Trinajstić information content (AvgIpc) is 2.56. The van der Waals surface area contributed by atoms with Gasteiger partial charge in [0, 0.05) is 23.7 Å². The van der Waals surface area contributed by atoms with Gasteiger partial charge in [-0.05, 0) is 36.6 Å². The van der Waals surface area contributed by atoms with Crippen LogP contribution in [-0.4, -0.2) is 11.8 Å². The number of nitrogens with one attached hydrogen (secondary N) is 2. The molecule has 0 aliphatic rings. The Hall–Kier alpha value is -2.62. The van der Waals surface area contributed by atoms with Gasteiger partial charge in [-0.3, -0.25) is 9.59 Å². The summed E-state index contributed by atoms with van der Waals surface area (Å²) in [6.07, 6.45) is 2.16. The molecule has 0 saturated heterocycles. The van der Waals surface area contributed by atoms with Crippen molar-refractivity contribution in [2.24, 2.45) is 5.92 Å². The number of hydrogen-bond donors (Lipinski definition) is 2. The fourth-order valence-corrected chi connectivity index (χ4v) is 2.28. The van der Waals surface area contributed by atoms with E-state index in [0.717, 1.165) is 12.8 Å². The van der Waals surface area contributed by atoms with E-state index in [1.807, 2.05) is 50.2 Å². The molecular weight excluding hydrogens is 300 g/mol. The lowest BCUT2D eigenvalue weighted by Crippen LogP contribution is -2.18. The molecule has 0 unspecified atom stereocenters. The minimum atomic E-state index is -0.0822. The summed E-state index contributed by atoms with van der Waals surface area (Å²) in [5, 5.41) is 5.71. The molecule has 0 saturated carbocycles. The van der Waals surface area contributed by atoms with Crippen molar-refractivity contribution in [2.75, 3.05) is 10.6 Å². The van der Waals surface area contributed by atoms with Crippen molar-refractivity contribution in [1.82, 2.24) is 0 Å². The predicted octanol–water partition coefficient (Wildman–Crippen LogP) is 4.24. The molecule has 126 valence electrons. The molecular formula is C20H24N2O2. The van der Waals surface area contributed by atoms with Gasteiger partial charge in [-0.2, -0.15) is 0 Å². The lowest BCUT2D eigenvalue weighted by Gasteiger charge is -2.10. The molecule has 2 aromatic rings. The van der Waals surface area contributed by atoms with E-state index in [4.69, 9.17) is 0 Å². The predicted molar refractivity (Wildman–Crippen MR) is 97.9 cm³/mol. The van der Waals surface area contributed by atoms with Crippen molar-refractivity contribution < 1.29 is 9.59 Å². The molecule has 2 amide bonds. The van der Waals surface area contributed by atoms with Crippen molar-refractivity contribution in [3.8, 4) is 0 Å². The van der Waals surface area contributed by atoms with Crippen LogP contribution in [0.15, 0.2) is 54.6 Å². The van der Waals surface area contributed by atoms with Crippen molar-refractivity contribution in [1.29, 1.82) is 0 Å². The monoisotopic (exact) mass is 324 g/mol. The maximum atomic E-state index is 12.0. The normalized spacial score (nSPS) is 10.5. The molecule has 0 spiro atoms. The van der Waals surface area contributed by atoms with E-state index < -0.39 is 0 Å². The third-order valence-corrected chi connectivity index (χ3v) is 3.65. The Morgan fingerprint density at radius 1 is 0.917 bits per heavy atom. The van der Waals surface area contributed by atoms with Gasteiger partial charge in [-0.25, -0.2) is 0 Å². The van der Waals surface area contributed by atoms with Crippen LogP contribution < -0.4 is 10.6 Å². The topological polar surface area (TPSA) is 58.2 Å². The maximum absolute atomic E-state index is 12.0. The fraction of sp³-hybridized carbons (Fsp3) is 0.300. The standard InChI is InChI=1S/C20H24N2O2/c1-15(2)20(24)22-18-12-7-11-17(14-18)21-19(23)13-6-10-16-8-4-3-5-9-16/h3-5,7-9,11-12,14-15H,6,10,13H2,1-2H3,(H,21,23)(H,22,24). The van der Waals surface area contributed by atoms with E-state index in [0.29, 0.717) is 17.8 Å². The summed E-state index contributed by atoms with van der Waals surface area (Å²) in [6, 6.07) is 17.4. The Labute approximate surface area is 143 Å². The van der Waals surface area contributed by atoms with E-state index >= 15 is 0 Å². The highest BCUT2D eigenvalue weighted by atomic mass is 16.2. The van der Waals surface area contributed by atoms with Crippen LogP contribution >= 0.6 is 0 Å². The van der Waals surface area contributed by atoms with E-state index in [2.05, 4.69) is 22.8 Å². The first-order valence-corrected chi connectivity index (χ1v) is 8.29. The molecule has 24 heavy (non-hydrogen) atoms. The van der Waals surface area contributed by atoms with Gasteiger partial charge < -0.3 is 10.6 Å². The number of amides is 2. The first kappa shape index (κ1) is 17.7. The van der Waals surface area contributed by atoms with Crippen LogP contribution in [-0.2, 0) is 16.0 Å². The van der Waals surface area contributed by atoms with Gasteiger partial charge in [0.25, 0.3) is 0 Å². The molecule has 0 atom stereocenters. The Morgan fingerprint density at radius 2 is 1.58 bits per heavy atom. The molecule has 0 fully saturated rings. The zero-order chi connectivity index (χ0) is 17.4. The van der Waals surface area contributed by atoms with Crippen LogP contribution in [0.1, 0.15) is 32.3 Å². The molecule has 0 aliphatic carbocycles. The third kappa shape index (κ3) is 5.88. The van der Waals surface area contributed by atoms with Gasteiger partial charge in [0.1, 0.15) is 0 Å². The number of rotatable bonds is 7. The second-order valence-corrected chi connectivity index (χ2v) is 6.11. The first-order chi connectivity index (χ1) is 11.5. The molecule has 4 nitrogen and oxygen atoms in total. The number of benzene rings is 2. The molecule has 0 bridgehead atoms. The lowest BCUT2D eigenvalue weighted by molar-refractivity contribution is -0.119. The van der Waals surface area contributed by atoms with E-state index in [-0.39, 0.29) is 17.7 Å². The van der Waals surface area contributed by atoms with Gasteiger partial charge in [-0.1, -0.05) is 50.2 Å². The largest absolute Gasteiger partial charge is 0.326 e. The Kier molecular flexibility index (Phi) is 6.55. The fourth-order valence-electron chi connectivity index (χ4n) is 2.28. The van der Waals surface area contributed by atoms with Crippen LogP contribution in [0.3, 0.4) is 0 Å². The summed E-state index contributed by atoms with van der Waals surface area (Å²) in [7, 11) is 0. The van der Waals surface area contributed by atoms with E-state index in [1.165, 1.54) is 5.56 Å². The van der Waals surface area contributed by atoms with Crippen molar-refractivity contribution >= 4 is 23.2 Å². The molecule has 2 rings (SSSR count). The van der Waals surface area contributed by atoms with Gasteiger partial charge in [-0.15, -0.1) is 0 Å². The van der Waals surface area contributed by atoms with Crippen LogP contribution in [0, 0.1) is 5.92 Å². The number of hydrogen-bond acceptors (Lipinski definition) is 2. The highest BCUT2D eigenvalue weighted by Crippen LogP contribution is 2.16. The number of anilines is 2. The lowest BCUT2D eigenvalue weighted by atomic mass is 10.1. The Morgan fingerprint density at radius 3 is 2.25 bits per heavy atom. The zero-order valence-corrected chi connectivity index (χ0v) is 14.2. The molecule has 0 radical (unpaired) electrons. The molecule has 0 heterocycles. The molecule has 4 heteroatoms. The minimum Gasteiger partial charge on any atom is -0.326 e. The highest BCUT2D eigenvalue weighted by molar-refractivity contribution is 5.94. The van der Waals surface area contributed by atoms with E-state index in [9.17, 15) is 9.59 Å². The van der Waals surface area contributed by atoms with Gasteiger partial charge in [0.15, 0.2) is 0 Å². The van der Waals surface area contributed by atoms with Crippen LogP contribution in [0.5, 0.6) is 0 Å². The van der Waals surface area contributed by atoms with Crippen LogP contribution in [0.4, 0.5) is 11.4 Å². The van der Waals surface area contributed by atoms with Gasteiger partial charge >= 0.3 is 0 Å². The second-order valence-electron chi connectivity index (χ2n) is 6.11. The summed E-state index contributed by atoms with van der Waals surface area (Å²) in [5.74, 6) is -0.138. The quantitative estimate of drug-likeness (QED) is 0.800. The van der Waals surface area contributed by atoms with Gasteiger partial charge in [0.05, 0.1) is 0 Å².